The van der Waals surface area contributed by atoms with Gasteiger partial charge in [0.25, 0.3) is 0 Å². The Labute approximate surface area is 68.1 Å². The van der Waals surface area contributed by atoms with Crippen molar-refractivity contribution in [2.75, 3.05) is 13.1 Å². The number of hydrogen-bond donors (Lipinski definition) is 0. The van der Waals surface area contributed by atoms with E-state index < -0.39 is 0 Å². The van der Waals surface area contributed by atoms with Gasteiger partial charge in [0, 0.05) is 0 Å². The molecule has 0 aromatic carbocycles. The van der Waals surface area contributed by atoms with Gasteiger partial charge in [-0.25, -0.2) is 0 Å². The van der Waals surface area contributed by atoms with Gasteiger partial charge in [-0.2, -0.15) is 15.5 Å². The maximum atomic E-state index is 8.39. The molecule has 0 spiro atoms. The lowest BCUT2D eigenvalue weighted by Crippen LogP contribution is -1.93. The van der Waals surface area contributed by atoms with E-state index >= 15 is 0 Å². The molecule has 0 aliphatic heterocycles. The van der Waals surface area contributed by atoms with Crippen LogP contribution >= 0.6 is 0 Å². The number of nitriles is 1. The highest BCUT2D eigenvalue weighted by atomic mass is 15.1. The first-order valence-electron chi connectivity index (χ1n) is 4.04. The molecule has 0 aromatic rings. The van der Waals surface area contributed by atoms with Crippen molar-refractivity contribution in [3.05, 3.63) is 0 Å². The summed E-state index contributed by atoms with van der Waals surface area (Å²) in [5.41, 5.74) is 0. The van der Waals surface area contributed by atoms with Crippen LogP contribution in [-0.2, 0) is 0 Å². The highest BCUT2D eigenvalue weighted by Crippen LogP contribution is 1.93. The van der Waals surface area contributed by atoms with Crippen LogP contribution in [0.2, 0.25) is 0 Å². The summed E-state index contributed by atoms with van der Waals surface area (Å²) in [6.45, 7) is 5.31. The number of nitrogens with zero attached hydrogens (tertiary/aromatic N) is 3. The molecule has 0 amide bonds. The van der Waals surface area contributed by atoms with Crippen molar-refractivity contribution in [2.24, 2.45) is 16.1 Å². The molecule has 11 heavy (non-hydrogen) atoms. The molecule has 0 fully saturated rings. The Hall–Kier alpha value is -0.910. The van der Waals surface area contributed by atoms with Crippen LogP contribution in [-0.4, -0.2) is 13.1 Å². The van der Waals surface area contributed by atoms with Crippen LogP contribution < -0.4 is 0 Å². The third-order valence-corrected chi connectivity index (χ3v) is 1.29. The summed E-state index contributed by atoms with van der Waals surface area (Å²) < 4.78 is 0. The number of unbranched alkanes of at least 4 members (excludes halogenated alkanes) is 1. The Morgan fingerprint density at radius 2 is 2.18 bits per heavy atom. The minimum atomic E-state index is 0.000349. The minimum Gasteiger partial charge on any atom is -0.198 e. The standard InChI is InChI=1S/C8H15N3/c1-3-4-5-10-11-7-8(2)6-9/h8H,3-5,7H2,1-2H3/b11-10+. The molecule has 1 unspecified atom stereocenters. The molecule has 0 aromatic heterocycles. The monoisotopic (exact) mass is 153 g/mol. The summed E-state index contributed by atoms with van der Waals surface area (Å²) in [5.74, 6) is 0.000349. The lowest BCUT2D eigenvalue weighted by atomic mass is 10.2. The van der Waals surface area contributed by atoms with Crippen molar-refractivity contribution in [3.8, 4) is 6.07 Å². The summed E-state index contributed by atoms with van der Waals surface area (Å²) in [5, 5.41) is 16.2. The third kappa shape index (κ3) is 6.98. The number of rotatable bonds is 5. The summed E-state index contributed by atoms with van der Waals surface area (Å²) >= 11 is 0. The van der Waals surface area contributed by atoms with E-state index in [4.69, 9.17) is 5.26 Å². The largest absolute Gasteiger partial charge is 0.198 e. The van der Waals surface area contributed by atoms with Crippen LogP contribution in [0.3, 0.4) is 0 Å². The molecule has 0 aliphatic rings. The van der Waals surface area contributed by atoms with Gasteiger partial charge in [0.2, 0.25) is 0 Å². The van der Waals surface area contributed by atoms with Crippen molar-refractivity contribution in [1.82, 2.24) is 0 Å². The first-order chi connectivity index (χ1) is 5.31. The van der Waals surface area contributed by atoms with Gasteiger partial charge in [0.15, 0.2) is 0 Å². The van der Waals surface area contributed by atoms with E-state index in [1.807, 2.05) is 6.92 Å². The predicted molar refractivity (Wildman–Crippen MR) is 44.3 cm³/mol. The molecule has 0 heterocycles. The SMILES string of the molecule is CCCC/N=N/CC(C)C#N. The molecule has 62 valence electrons. The first kappa shape index (κ1) is 10.1. The van der Waals surface area contributed by atoms with E-state index in [0.29, 0.717) is 6.54 Å². The van der Waals surface area contributed by atoms with Gasteiger partial charge in [0.1, 0.15) is 0 Å². The maximum absolute atomic E-state index is 8.39. The Kier molecular flexibility index (Phi) is 6.60. The van der Waals surface area contributed by atoms with E-state index in [-0.39, 0.29) is 5.92 Å². The molecule has 0 N–H and O–H groups in total. The fourth-order valence-corrected chi connectivity index (χ4v) is 0.521. The van der Waals surface area contributed by atoms with Crippen molar-refractivity contribution >= 4 is 0 Å². The molecular formula is C8H15N3. The zero-order valence-corrected chi connectivity index (χ0v) is 7.25. The van der Waals surface area contributed by atoms with Gasteiger partial charge in [-0.15, -0.1) is 0 Å². The lowest BCUT2D eigenvalue weighted by Gasteiger charge is -1.92. The van der Waals surface area contributed by atoms with Crippen LogP contribution in [0.5, 0.6) is 0 Å². The number of hydrogen-bond acceptors (Lipinski definition) is 3. The molecule has 0 saturated carbocycles. The van der Waals surface area contributed by atoms with Gasteiger partial charge in [-0.1, -0.05) is 13.3 Å². The van der Waals surface area contributed by atoms with Crippen LogP contribution in [0, 0.1) is 17.2 Å². The Morgan fingerprint density at radius 3 is 2.73 bits per heavy atom. The van der Waals surface area contributed by atoms with Gasteiger partial charge < -0.3 is 0 Å². The molecule has 0 radical (unpaired) electrons. The highest BCUT2D eigenvalue weighted by Gasteiger charge is 1.94. The quantitative estimate of drug-likeness (QED) is 0.442. The predicted octanol–water partition coefficient (Wildman–Crippen LogP) is 2.40. The van der Waals surface area contributed by atoms with E-state index in [0.717, 1.165) is 19.4 Å². The van der Waals surface area contributed by atoms with Crippen molar-refractivity contribution in [2.45, 2.75) is 26.7 Å². The van der Waals surface area contributed by atoms with Crippen LogP contribution in [0.4, 0.5) is 0 Å². The van der Waals surface area contributed by atoms with Crippen molar-refractivity contribution in [3.63, 3.8) is 0 Å². The summed E-state index contributed by atoms with van der Waals surface area (Å²) in [6.07, 6.45) is 2.23. The molecule has 3 nitrogen and oxygen atoms in total. The zero-order chi connectivity index (χ0) is 8.53. The second-order valence-electron chi connectivity index (χ2n) is 2.57. The van der Waals surface area contributed by atoms with Gasteiger partial charge in [-0.05, 0) is 13.3 Å². The molecule has 3 heteroatoms. The molecule has 0 saturated heterocycles. The third-order valence-electron chi connectivity index (χ3n) is 1.29. The summed E-state index contributed by atoms with van der Waals surface area (Å²) in [6, 6.07) is 2.10. The van der Waals surface area contributed by atoms with Crippen LogP contribution in [0.15, 0.2) is 10.2 Å². The van der Waals surface area contributed by atoms with Crippen LogP contribution in [0.25, 0.3) is 0 Å². The Balaban J connectivity index is 3.24. The minimum absolute atomic E-state index is 0.000349. The Morgan fingerprint density at radius 1 is 1.45 bits per heavy atom. The fourth-order valence-electron chi connectivity index (χ4n) is 0.521. The van der Waals surface area contributed by atoms with Gasteiger partial charge >= 0.3 is 0 Å². The normalized spacial score (nSPS) is 13.2. The highest BCUT2D eigenvalue weighted by molar-refractivity contribution is 4.79. The van der Waals surface area contributed by atoms with Crippen LogP contribution in [0.1, 0.15) is 26.7 Å². The summed E-state index contributed by atoms with van der Waals surface area (Å²) in [7, 11) is 0. The maximum Gasteiger partial charge on any atom is 0.0754 e. The fraction of sp³-hybridized carbons (Fsp3) is 0.875. The summed E-state index contributed by atoms with van der Waals surface area (Å²) in [4.78, 5) is 0. The topological polar surface area (TPSA) is 48.5 Å². The molecule has 1 atom stereocenters. The van der Waals surface area contributed by atoms with E-state index in [1.165, 1.54) is 0 Å². The first-order valence-corrected chi connectivity index (χ1v) is 4.04. The Bertz CT molecular complexity index is 146. The molecule has 0 bridgehead atoms. The second kappa shape index (κ2) is 7.20. The van der Waals surface area contributed by atoms with Gasteiger partial charge in [0.05, 0.1) is 25.1 Å². The van der Waals surface area contributed by atoms with E-state index in [1.54, 1.807) is 0 Å². The van der Waals surface area contributed by atoms with Crippen molar-refractivity contribution < 1.29 is 0 Å². The lowest BCUT2D eigenvalue weighted by molar-refractivity contribution is 0.689. The molecule has 0 rings (SSSR count). The average Bonchev–Trinajstić information content (AvgIpc) is 2.04. The second-order valence-corrected chi connectivity index (χ2v) is 2.57. The van der Waals surface area contributed by atoms with E-state index in [9.17, 15) is 0 Å². The average molecular weight is 153 g/mol. The zero-order valence-electron chi connectivity index (χ0n) is 7.25. The van der Waals surface area contributed by atoms with E-state index in [2.05, 4.69) is 23.2 Å². The van der Waals surface area contributed by atoms with Crippen molar-refractivity contribution in [1.29, 1.82) is 5.26 Å². The number of azo groups is 1. The van der Waals surface area contributed by atoms with Gasteiger partial charge in [-0.3, -0.25) is 0 Å². The molecule has 0 aliphatic carbocycles. The molecular weight excluding hydrogens is 138 g/mol. The smallest absolute Gasteiger partial charge is 0.0754 e.